The van der Waals surface area contributed by atoms with E-state index in [-0.39, 0.29) is 0 Å². The second-order valence-electron chi connectivity index (χ2n) is 5.45. The van der Waals surface area contributed by atoms with Gasteiger partial charge in [-0.05, 0) is 12.5 Å². The number of benzene rings is 2. The minimum Gasteiger partial charge on any atom is -0.302 e. The number of rotatable bonds is 6. The lowest BCUT2D eigenvalue weighted by molar-refractivity contribution is -0.132. The van der Waals surface area contributed by atoms with Gasteiger partial charge in [-0.2, -0.15) is 0 Å². The van der Waals surface area contributed by atoms with E-state index in [9.17, 15) is 9.36 Å². The van der Waals surface area contributed by atoms with Crippen LogP contribution in [-0.4, -0.2) is 28.5 Å². The summed E-state index contributed by atoms with van der Waals surface area (Å²) in [5.74, 6) is -0.584. The predicted octanol–water partition coefficient (Wildman–Crippen LogP) is 2.62. The van der Waals surface area contributed by atoms with Crippen LogP contribution in [0.25, 0.3) is 0 Å². The average Bonchev–Trinajstić information content (AvgIpc) is 2.60. The van der Waals surface area contributed by atoms with E-state index in [4.69, 9.17) is 5.21 Å². The molecule has 2 aromatic carbocycles. The first-order chi connectivity index (χ1) is 11.0. The number of carbonyl (C=O) groups excluding carboxylic acids is 1. The van der Waals surface area contributed by atoms with Crippen LogP contribution in [0.2, 0.25) is 0 Å². The van der Waals surface area contributed by atoms with Gasteiger partial charge in [0.1, 0.15) is 0 Å². The fraction of sp³-hybridized carbons (Fsp3) is 0.235. The molecule has 0 aliphatic carbocycles. The fourth-order valence-electron chi connectivity index (χ4n) is 2.45. The number of hydrogen-bond acceptors (Lipinski definition) is 3. The van der Waals surface area contributed by atoms with Crippen molar-refractivity contribution in [2.24, 2.45) is 0 Å². The summed E-state index contributed by atoms with van der Waals surface area (Å²) in [6, 6.07) is 17.9. The van der Waals surface area contributed by atoms with E-state index in [1.165, 1.54) is 0 Å². The number of nitrogens with one attached hydrogen (secondary N) is 1. The van der Waals surface area contributed by atoms with Gasteiger partial charge in [-0.1, -0.05) is 60.7 Å². The van der Waals surface area contributed by atoms with E-state index in [1.54, 1.807) is 35.9 Å². The van der Waals surface area contributed by atoms with E-state index in [1.807, 2.05) is 48.5 Å². The van der Waals surface area contributed by atoms with Gasteiger partial charge in [0.2, 0.25) is 0 Å². The van der Waals surface area contributed by atoms with E-state index < -0.39 is 19.2 Å². The first kappa shape index (κ1) is 17.4. The van der Waals surface area contributed by atoms with Crippen molar-refractivity contribution in [3.63, 3.8) is 0 Å². The zero-order valence-electron chi connectivity index (χ0n) is 13.2. The molecule has 0 radical (unpaired) electrons. The van der Waals surface area contributed by atoms with E-state index in [0.717, 1.165) is 5.56 Å². The normalized spacial score (nSPS) is 15.0. The summed E-state index contributed by atoms with van der Waals surface area (Å²) in [6.07, 6.45) is 0. The Morgan fingerprint density at radius 1 is 1.13 bits per heavy atom. The molecular formula is C17H21N2O3P. The van der Waals surface area contributed by atoms with Gasteiger partial charge in [0.05, 0.1) is 6.04 Å². The first-order valence-electron chi connectivity index (χ1n) is 7.35. The summed E-state index contributed by atoms with van der Waals surface area (Å²) in [5, 5.41) is 9.62. The second-order valence-corrected chi connectivity index (χ2v) is 8.24. The second kappa shape index (κ2) is 7.55. The van der Waals surface area contributed by atoms with Crippen molar-refractivity contribution < 1.29 is 14.6 Å². The molecule has 2 atom stereocenters. The van der Waals surface area contributed by atoms with Crippen LogP contribution >= 0.6 is 7.29 Å². The standard InChI is InChI=1S/C17H21N2O3P/c1-14(17(20)18-21)19(13-15-9-5-3-6-10-15)23(2,22)16-11-7-4-8-12-16/h3-12,14,21H,13H2,1-2H3,(H,18,20)/t14-,23?/m1/s1. The SMILES string of the molecule is C[C@H](C(=O)NO)N(Cc1ccccc1)P(C)(=O)c1ccccc1. The molecule has 0 fully saturated rings. The van der Waals surface area contributed by atoms with Gasteiger partial charge < -0.3 is 4.57 Å². The summed E-state index contributed by atoms with van der Waals surface area (Å²) in [5.41, 5.74) is 2.60. The Balaban J connectivity index is 2.40. The molecule has 2 rings (SSSR count). The molecule has 2 N–H and O–H groups in total. The van der Waals surface area contributed by atoms with Crippen LogP contribution in [0.1, 0.15) is 12.5 Å². The molecule has 0 saturated heterocycles. The molecule has 5 nitrogen and oxygen atoms in total. The third kappa shape index (κ3) is 4.08. The predicted molar refractivity (Wildman–Crippen MR) is 91.0 cm³/mol. The van der Waals surface area contributed by atoms with Crippen LogP contribution in [0.4, 0.5) is 0 Å². The summed E-state index contributed by atoms with van der Waals surface area (Å²) >= 11 is 0. The van der Waals surface area contributed by atoms with Crippen LogP contribution in [0.3, 0.4) is 0 Å². The quantitative estimate of drug-likeness (QED) is 0.485. The zero-order chi connectivity index (χ0) is 16.9. The molecule has 1 unspecified atom stereocenters. The Labute approximate surface area is 136 Å². The Bertz CT molecular complexity index is 691. The topological polar surface area (TPSA) is 69.6 Å². The number of amides is 1. The van der Waals surface area contributed by atoms with Gasteiger partial charge >= 0.3 is 0 Å². The Morgan fingerprint density at radius 2 is 1.65 bits per heavy atom. The van der Waals surface area contributed by atoms with E-state index in [2.05, 4.69) is 0 Å². The van der Waals surface area contributed by atoms with Gasteiger partial charge in [-0.3, -0.25) is 10.0 Å². The lowest BCUT2D eigenvalue weighted by Gasteiger charge is -2.33. The maximum Gasteiger partial charge on any atom is 0.260 e. The number of hydroxylamine groups is 1. The lowest BCUT2D eigenvalue weighted by Crippen LogP contribution is -2.43. The van der Waals surface area contributed by atoms with Crippen LogP contribution in [0.15, 0.2) is 60.7 Å². The highest BCUT2D eigenvalue weighted by molar-refractivity contribution is 7.68. The minimum absolute atomic E-state index is 0.345. The molecule has 6 heteroatoms. The highest BCUT2D eigenvalue weighted by Gasteiger charge is 2.34. The maximum absolute atomic E-state index is 13.4. The number of carbonyl (C=O) groups is 1. The lowest BCUT2D eigenvalue weighted by atomic mass is 10.2. The van der Waals surface area contributed by atoms with Gasteiger partial charge in [0.15, 0.2) is 7.29 Å². The van der Waals surface area contributed by atoms with Crippen LogP contribution < -0.4 is 10.8 Å². The number of hydrogen-bond donors (Lipinski definition) is 2. The van der Waals surface area contributed by atoms with Crippen LogP contribution in [0, 0.1) is 0 Å². The van der Waals surface area contributed by atoms with Crippen molar-refractivity contribution in [3.05, 3.63) is 66.2 Å². The Morgan fingerprint density at radius 3 is 2.17 bits per heavy atom. The van der Waals surface area contributed by atoms with Gasteiger partial charge in [-0.15, -0.1) is 0 Å². The molecule has 0 spiro atoms. The molecule has 0 aromatic heterocycles. The van der Waals surface area contributed by atoms with Crippen molar-refractivity contribution in [2.45, 2.75) is 19.5 Å². The van der Waals surface area contributed by atoms with Crippen molar-refractivity contribution in [3.8, 4) is 0 Å². The molecule has 0 saturated carbocycles. The highest BCUT2D eigenvalue weighted by atomic mass is 31.2. The third-order valence-corrected chi connectivity index (χ3v) is 6.57. The van der Waals surface area contributed by atoms with Crippen molar-refractivity contribution in [1.29, 1.82) is 0 Å². The van der Waals surface area contributed by atoms with Gasteiger partial charge in [0.25, 0.3) is 5.91 Å². The molecule has 122 valence electrons. The number of nitrogens with zero attached hydrogens (tertiary/aromatic N) is 1. The molecule has 0 bridgehead atoms. The molecule has 0 aliphatic rings. The summed E-state index contributed by atoms with van der Waals surface area (Å²) in [7, 11) is -2.98. The summed E-state index contributed by atoms with van der Waals surface area (Å²) in [6.45, 7) is 3.62. The fourth-order valence-corrected chi connectivity index (χ4v) is 4.68. The highest BCUT2D eigenvalue weighted by Crippen LogP contribution is 2.47. The molecule has 23 heavy (non-hydrogen) atoms. The van der Waals surface area contributed by atoms with Gasteiger partial charge in [0, 0.05) is 18.5 Å². The van der Waals surface area contributed by atoms with Crippen molar-refractivity contribution in [2.75, 3.05) is 6.66 Å². The largest absolute Gasteiger partial charge is 0.302 e. The van der Waals surface area contributed by atoms with Crippen molar-refractivity contribution >= 4 is 18.5 Å². The van der Waals surface area contributed by atoms with Crippen LogP contribution in [-0.2, 0) is 15.9 Å². The zero-order valence-corrected chi connectivity index (χ0v) is 14.1. The van der Waals surface area contributed by atoms with Crippen LogP contribution in [0.5, 0.6) is 0 Å². The third-order valence-electron chi connectivity index (χ3n) is 3.85. The summed E-state index contributed by atoms with van der Waals surface area (Å²) < 4.78 is 15.1. The molecule has 1 amide bonds. The monoisotopic (exact) mass is 332 g/mol. The minimum atomic E-state index is -2.98. The average molecular weight is 332 g/mol. The first-order valence-corrected chi connectivity index (χ1v) is 9.45. The molecule has 2 aromatic rings. The molecule has 0 heterocycles. The summed E-state index contributed by atoms with van der Waals surface area (Å²) in [4.78, 5) is 11.9. The van der Waals surface area contributed by atoms with E-state index >= 15 is 0 Å². The molecular weight excluding hydrogens is 311 g/mol. The Hall–Kier alpha value is -1.94. The smallest absolute Gasteiger partial charge is 0.260 e. The van der Waals surface area contributed by atoms with Gasteiger partial charge in [-0.25, -0.2) is 10.2 Å². The Kier molecular flexibility index (Phi) is 5.72. The van der Waals surface area contributed by atoms with E-state index in [0.29, 0.717) is 11.8 Å². The molecule has 0 aliphatic heterocycles. The van der Waals surface area contributed by atoms with Crippen molar-refractivity contribution in [1.82, 2.24) is 10.2 Å². The maximum atomic E-state index is 13.4.